The molecule has 0 atom stereocenters. The van der Waals surface area contributed by atoms with Crippen LogP contribution in [-0.2, 0) is 14.9 Å². The third-order valence-corrected chi connectivity index (χ3v) is 3.39. The van der Waals surface area contributed by atoms with Crippen LogP contribution in [0.4, 0.5) is 0 Å². The van der Waals surface area contributed by atoms with Gasteiger partial charge in [0.05, 0.1) is 18.6 Å². The molecule has 0 unspecified atom stereocenters. The molecule has 1 aromatic rings. The topological polar surface area (TPSA) is 26.3 Å². The fraction of sp³-hybridized carbons (Fsp3) is 0.417. The van der Waals surface area contributed by atoms with Crippen molar-refractivity contribution >= 4 is 29.0 Å². The largest absolute Gasteiger partial charge is 0.379 e. The van der Waals surface area contributed by atoms with Crippen LogP contribution in [0, 0.1) is 0 Å². The Kier molecular flexibility index (Phi) is 3.24. The molecule has 0 saturated carbocycles. The molecule has 0 aliphatic carbocycles. The second kappa shape index (κ2) is 4.36. The third kappa shape index (κ3) is 2.10. The minimum atomic E-state index is -0.243. The quantitative estimate of drug-likeness (QED) is 0.832. The third-order valence-electron chi connectivity index (χ3n) is 2.85. The second-order valence-corrected chi connectivity index (χ2v) is 5.12. The van der Waals surface area contributed by atoms with Crippen LogP contribution < -0.4 is 0 Å². The summed E-state index contributed by atoms with van der Waals surface area (Å²) < 4.78 is 5.23. The average molecular weight is 259 g/mol. The molecule has 0 amide bonds. The standard InChI is InChI=1S/C12H12Cl2O2/c1-8(15)5-12(6-16-7-12)10-3-2-9(13)4-11(10)14/h2-4H,5-7H2,1H3. The molecule has 0 bridgehead atoms. The number of carbonyl (C=O) groups is 1. The van der Waals surface area contributed by atoms with E-state index in [2.05, 4.69) is 0 Å². The van der Waals surface area contributed by atoms with Gasteiger partial charge >= 0.3 is 0 Å². The average Bonchev–Trinajstić information content (AvgIpc) is 2.12. The lowest BCUT2D eigenvalue weighted by Gasteiger charge is -2.41. The summed E-state index contributed by atoms with van der Waals surface area (Å²) in [6.45, 7) is 2.69. The highest BCUT2D eigenvalue weighted by Crippen LogP contribution is 2.40. The van der Waals surface area contributed by atoms with Gasteiger partial charge in [0, 0.05) is 16.5 Å². The minimum absolute atomic E-state index is 0.148. The smallest absolute Gasteiger partial charge is 0.130 e. The van der Waals surface area contributed by atoms with Crippen molar-refractivity contribution in [3.8, 4) is 0 Å². The highest BCUT2D eigenvalue weighted by Gasteiger charge is 2.42. The zero-order valence-corrected chi connectivity index (χ0v) is 10.4. The van der Waals surface area contributed by atoms with Gasteiger partial charge < -0.3 is 4.74 Å². The molecular weight excluding hydrogens is 247 g/mol. The van der Waals surface area contributed by atoms with Gasteiger partial charge in [0.25, 0.3) is 0 Å². The van der Waals surface area contributed by atoms with Crippen LogP contribution in [-0.4, -0.2) is 19.0 Å². The Labute approximate surface area is 104 Å². The van der Waals surface area contributed by atoms with Gasteiger partial charge in [-0.05, 0) is 24.6 Å². The normalized spacial score (nSPS) is 17.9. The first-order valence-electron chi connectivity index (χ1n) is 5.06. The zero-order chi connectivity index (χ0) is 11.8. The van der Waals surface area contributed by atoms with E-state index in [1.807, 2.05) is 6.07 Å². The van der Waals surface area contributed by atoms with Gasteiger partial charge in [-0.2, -0.15) is 0 Å². The van der Waals surface area contributed by atoms with E-state index in [0.717, 1.165) is 5.56 Å². The van der Waals surface area contributed by atoms with Crippen LogP contribution >= 0.6 is 23.2 Å². The number of halogens is 2. The van der Waals surface area contributed by atoms with Gasteiger partial charge in [-0.15, -0.1) is 0 Å². The van der Waals surface area contributed by atoms with E-state index < -0.39 is 0 Å². The molecular formula is C12H12Cl2O2. The summed E-state index contributed by atoms with van der Waals surface area (Å²) in [6, 6.07) is 5.39. The van der Waals surface area contributed by atoms with Crippen molar-refractivity contribution in [1.82, 2.24) is 0 Å². The van der Waals surface area contributed by atoms with E-state index in [9.17, 15) is 4.79 Å². The van der Waals surface area contributed by atoms with Crippen LogP contribution in [0.5, 0.6) is 0 Å². The number of Topliss-reactive ketones (excluding diaryl/α,β-unsaturated/α-hetero) is 1. The van der Waals surface area contributed by atoms with Gasteiger partial charge in [-0.1, -0.05) is 29.3 Å². The number of benzene rings is 1. The Hall–Kier alpha value is -0.570. The number of hydrogen-bond acceptors (Lipinski definition) is 2. The Morgan fingerprint density at radius 3 is 2.56 bits per heavy atom. The summed E-state index contributed by atoms with van der Waals surface area (Å²) in [6.07, 6.45) is 0.467. The molecule has 1 aliphatic rings. The maximum atomic E-state index is 11.3. The first-order chi connectivity index (χ1) is 7.53. The predicted octanol–water partition coefficient (Wildman–Crippen LogP) is 3.24. The number of hydrogen-bond donors (Lipinski definition) is 0. The van der Waals surface area contributed by atoms with E-state index in [0.29, 0.717) is 29.7 Å². The molecule has 1 aliphatic heterocycles. The van der Waals surface area contributed by atoms with Crippen molar-refractivity contribution in [2.45, 2.75) is 18.8 Å². The van der Waals surface area contributed by atoms with Crippen molar-refractivity contribution < 1.29 is 9.53 Å². The number of ether oxygens (including phenoxy) is 1. The molecule has 1 saturated heterocycles. The van der Waals surface area contributed by atoms with Crippen LogP contribution in [0.15, 0.2) is 18.2 Å². The molecule has 2 nitrogen and oxygen atoms in total. The summed E-state index contributed by atoms with van der Waals surface area (Å²) in [4.78, 5) is 11.3. The lowest BCUT2D eigenvalue weighted by molar-refractivity contribution is -0.125. The molecule has 2 rings (SSSR count). The summed E-state index contributed by atoms with van der Waals surface area (Å²) in [7, 11) is 0. The predicted molar refractivity (Wildman–Crippen MR) is 64.3 cm³/mol. The van der Waals surface area contributed by atoms with Gasteiger partial charge in [0.1, 0.15) is 5.78 Å². The molecule has 4 heteroatoms. The van der Waals surface area contributed by atoms with E-state index >= 15 is 0 Å². The van der Waals surface area contributed by atoms with Crippen LogP contribution in [0.1, 0.15) is 18.9 Å². The maximum absolute atomic E-state index is 11.3. The lowest BCUT2D eigenvalue weighted by Crippen LogP contribution is -2.48. The molecule has 1 heterocycles. The maximum Gasteiger partial charge on any atom is 0.130 e. The second-order valence-electron chi connectivity index (χ2n) is 4.28. The van der Waals surface area contributed by atoms with E-state index in [-0.39, 0.29) is 11.2 Å². The first kappa shape index (κ1) is 11.9. The Balaban J connectivity index is 2.36. The molecule has 0 aromatic heterocycles. The van der Waals surface area contributed by atoms with E-state index in [1.54, 1.807) is 19.1 Å². The number of rotatable bonds is 3. The Morgan fingerprint density at radius 1 is 1.44 bits per heavy atom. The molecule has 0 N–H and O–H groups in total. The van der Waals surface area contributed by atoms with Gasteiger partial charge in [0.15, 0.2) is 0 Å². The summed E-state index contributed by atoms with van der Waals surface area (Å²) in [5.41, 5.74) is 0.716. The van der Waals surface area contributed by atoms with Gasteiger partial charge in [-0.3, -0.25) is 4.79 Å². The fourth-order valence-corrected chi connectivity index (χ4v) is 2.71. The van der Waals surface area contributed by atoms with E-state index in [1.165, 1.54) is 0 Å². The van der Waals surface area contributed by atoms with Crippen LogP contribution in [0.2, 0.25) is 10.0 Å². The van der Waals surface area contributed by atoms with E-state index in [4.69, 9.17) is 27.9 Å². The minimum Gasteiger partial charge on any atom is -0.379 e. The monoisotopic (exact) mass is 258 g/mol. The molecule has 86 valence electrons. The molecule has 1 aromatic carbocycles. The fourth-order valence-electron chi connectivity index (χ4n) is 2.10. The Morgan fingerprint density at radius 2 is 2.12 bits per heavy atom. The van der Waals surface area contributed by atoms with Crippen molar-refractivity contribution in [1.29, 1.82) is 0 Å². The summed E-state index contributed by atoms with van der Waals surface area (Å²) in [5, 5.41) is 1.21. The molecule has 16 heavy (non-hydrogen) atoms. The highest BCUT2D eigenvalue weighted by molar-refractivity contribution is 6.35. The Bertz CT molecular complexity index is 425. The van der Waals surface area contributed by atoms with Crippen molar-refractivity contribution in [3.63, 3.8) is 0 Å². The van der Waals surface area contributed by atoms with Crippen LogP contribution in [0.25, 0.3) is 0 Å². The summed E-state index contributed by atoms with van der Waals surface area (Å²) in [5.74, 6) is 0.148. The molecule has 0 radical (unpaired) electrons. The zero-order valence-electron chi connectivity index (χ0n) is 8.93. The first-order valence-corrected chi connectivity index (χ1v) is 5.82. The van der Waals surface area contributed by atoms with Crippen LogP contribution in [0.3, 0.4) is 0 Å². The number of carbonyl (C=O) groups excluding carboxylic acids is 1. The van der Waals surface area contributed by atoms with Crippen molar-refractivity contribution in [3.05, 3.63) is 33.8 Å². The lowest BCUT2D eigenvalue weighted by atomic mass is 9.75. The van der Waals surface area contributed by atoms with Gasteiger partial charge in [-0.25, -0.2) is 0 Å². The molecule has 0 spiro atoms. The van der Waals surface area contributed by atoms with Crippen molar-refractivity contribution in [2.75, 3.05) is 13.2 Å². The summed E-state index contributed by atoms with van der Waals surface area (Å²) >= 11 is 12.0. The SMILES string of the molecule is CC(=O)CC1(c2ccc(Cl)cc2Cl)COC1. The van der Waals surface area contributed by atoms with Crippen molar-refractivity contribution in [2.24, 2.45) is 0 Å². The number of ketones is 1. The molecule has 1 fully saturated rings. The highest BCUT2D eigenvalue weighted by atomic mass is 35.5. The van der Waals surface area contributed by atoms with Gasteiger partial charge in [0.2, 0.25) is 0 Å².